The molecule has 0 amide bonds. The maximum atomic E-state index is 5.83. The monoisotopic (exact) mass is 232 g/mol. The van der Waals surface area contributed by atoms with Crippen molar-refractivity contribution in [3.05, 3.63) is 52.8 Å². The minimum atomic E-state index is 0.496. The molecule has 0 aliphatic carbocycles. The molecule has 0 unspecified atom stereocenters. The van der Waals surface area contributed by atoms with E-state index in [2.05, 4.69) is 36.3 Å². The first-order chi connectivity index (χ1) is 7.66. The summed E-state index contributed by atoms with van der Waals surface area (Å²) in [5.41, 5.74) is 4.57. The van der Waals surface area contributed by atoms with Crippen LogP contribution in [-0.2, 0) is 0 Å². The van der Waals surface area contributed by atoms with E-state index in [1.807, 2.05) is 18.2 Å². The molecule has 0 bridgehead atoms. The van der Waals surface area contributed by atoms with Crippen LogP contribution in [0.25, 0.3) is 0 Å². The van der Waals surface area contributed by atoms with E-state index < -0.39 is 0 Å². The summed E-state index contributed by atoms with van der Waals surface area (Å²) < 4.78 is 0. The zero-order chi connectivity index (χ0) is 11.5. The number of aromatic nitrogens is 1. The molecule has 2 rings (SSSR count). The molecule has 0 fully saturated rings. The Balaban J connectivity index is 2.31. The number of benzene rings is 1. The minimum absolute atomic E-state index is 0.496. The lowest BCUT2D eigenvalue weighted by molar-refractivity contribution is 1.30. The Morgan fingerprint density at radius 3 is 2.75 bits per heavy atom. The molecule has 0 aliphatic heterocycles. The van der Waals surface area contributed by atoms with Gasteiger partial charge < -0.3 is 5.32 Å². The van der Waals surface area contributed by atoms with Gasteiger partial charge in [0.25, 0.3) is 0 Å². The van der Waals surface area contributed by atoms with Gasteiger partial charge in [0.2, 0.25) is 0 Å². The van der Waals surface area contributed by atoms with Crippen molar-refractivity contribution in [3.63, 3.8) is 0 Å². The van der Waals surface area contributed by atoms with Crippen molar-refractivity contribution >= 4 is 23.0 Å². The van der Waals surface area contributed by atoms with Crippen LogP contribution in [-0.4, -0.2) is 4.98 Å². The SMILES string of the molecule is Cc1cccc(Nc2ccnc(Cl)c2)c1C. The first-order valence-corrected chi connectivity index (χ1v) is 5.49. The second kappa shape index (κ2) is 4.54. The number of aryl methyl sites for hydroxylation is 1. The number of nitrogens with one attached hydrogen (secondary N) is 1. The van der Waals surface area contributed by atoms with Gasteiger partial charge in [0.15, 0.2) is 0 Å². The first kappa shape index (κ1) is 11.0. The fraction of sp³-hybridized carbons (Fsp3) is 0.154. The van der Waals surface area contributed by atoms with Crippen LogP contribution in [0, 0.1) is 13.8 Å². The molecule has 0 radical (unpaired) electrons. The normalized spacial score (nSPS) is 10.2. The summed E-state index contributed by atoms with van der Waals surface area (Å²) in [5.74, 6) is 0. The summed E-state index contributed by atoms with van der Waals surface area (Å²) in [6, 6.07) is 9.89. The number of hydrogen-bond acceptors (Lipinski definition) is 2. The molecule has 16 heavy (non-hydrogen) atoms. The number of halogens is 1. The molecule has 1 aromatic carbocycles. The molecule has 2 aromatic rings. The first-order valence-electron chi connectivity index (χ1n) is 5.11. The van der Waals surface area contributed by atoms with Crippen LogP contribution in [0.2, 0.25) is 5.15 Å². The summed E-state index contributed by atoms with van der Waals surface area (Å²) in [5, 5.41) is 3.83. The zero-order valence-electron chi connectivity index (χ0n) is 9.29. The van der Waals surface area contributed by atoms with E-state index in [0.717, 1.165) is 11.4 Å². The van der Waals surface area contributed by atoms with Gasteiger partial charge >= 0.3 is 0 Å². The van der Waals surface area contributed by atoms with Crippen LogP contribution in [0.1, 0.15) is 11.1 Å². The molecular weight excluding hydrogens is 220 g/mol. The molecule has 0 saturated heterocycles. The summed E-state index contributed by atoms with van der Waals surface area (Å²) in [4.78, 5) is 3.95. The Morgan fingerprint density at radius 2 is 2.00 bits per heavy atom. The second-order valence-corrected chi connectivity index (χ2v) is 4.13. The Kier molecular flexibility index (Phi) is 3.11. The molecule has 0 spiro atoms. The standard InChI is InChI=1S/C13H13ClN2/c1-9-4-3-5-12(10(9)2)16-11-6-7-15-13(14)8-11/h3-8H,1-2H3,(H,15,16). The molecule has 0 aliphatic rings. The zero-order valence-corrected chi connectivity index (χ0v) is 10.0. The molecule has 2 nitrogen and oxygen atoms in total. The lowest BCUT2D eigenvalue weighted by Crippen LogP contribution is -1.94. The highest BCUT2D eigenvalue weighted by atomic mass is 35.5. The second-order valence-electron chi connectivity index (χ2n) is 3.74. The van der Waals surface area contributed by atoms with Gasteiger partial charge in [-0.3, -0.25) is 0 Å². The molecular formula is C13H13ClN2. The third-order valence-corrected chi connectivity index (χ3v) is 2.82. The van der Waals surface area contributed by atoms with Crippen molar-refractivity contribution < 1.29 is 0 Å². The molecule has 3 heteroatoms. The van der Waals surface area contributed by atoms with Gasteiger partial charge in [0.05, 0.1) is 0 Å². The highest BCUT2D eigenvalue weighted by Crippen LogP contribution is 2.23. The van der Waals surface area contributed by atoms with E-state index in [0.29, 0.717) is 5.15 Å². The van der Waals surface area contributed by atoms with E-state index in [1.54, 1.807) is 6.20 Å². The minimum Gasteiger partial charge on any atom is -0.355 e. The van der Waals surface area contributed by atoms with Gasteiger partial charge in [0.1, 0.15) is 5.15 Å². The molecule has 1 heterocycles. The van der Waals surface area contributed by atoms with E-state index in [4.69, 9.17) is 11.6 Å². The van der Waals surface area contributed by atoms with Crippen LogP contribution in [0.15, 0.2) is 36.5 Å². The fourth-order valence-electron chi connectivity index (χ4n) is 1.52. The van der Waals surface area contributed by atoms with Crippen molar-refractivity contribution in [2.24, 2.45) is 0 Å². The molecule has 82 valence electrons. The van der Waals surface area contributed by atoms with Crippen LogP contribution in [0.4, 0.5) is 11.4 Å². The largest absolute Gasteiger partial charge is 0.355 e. The summed E-state index contributed by atoms with van der Waals surface area (Å²) >= 11 is 5.83. The summed E-state index contributed by atoms with van der Waals surface area (Å²) in [6.07, 6.45) is 1.69. The van der Waals surface area contributed by atoms with Crippen LogP contribution in [0.5, 0.6) is 0 Å². The van der Waals surface area contributed by atoms with Crippen molar-refractivity contribution in [3.8, 4) is 0 Å². The topological polar surface area (TPSA) is 24.9 Å². The third-order valence-electron chi connectivity index (χ3n) is 2.61. The quantitative estimate of drug-likeness (QED) is 0.789. The number of anilines is 2. The third kappa shape index (κ3) is 2.34. The average molecular weight is 233 g/mol. The van der Waals surface area contributed by atoms with Crippen molar-refractivity contribution in [2.45, 2.75) is 13.8 Å². The Hall–Kier alpha value is -1.54. The maximum Gasteiger partial charge on any atom is 0.131 e. The number of hydrogen-bond donors (Lipinski definition) is 1. The average Bonchev–Trinajstić information content (AvgIpc) is 2.25. The van der Waals surface area contributed by atoms with Gasteiger partial charge in [-0.25, -0.2) is 4.98 Å². The van der Waals surface area contributed by atoms with Crippen molar-refractivity contribution in [2.75, 3.05) is 5.32 Å². The van der Waals surface area contributed by atoms with Gasteiger partial charge in [0, 0.05) is 17.6 Å². The van der Waals surface area contributed by atoms with E-state index in [9.17, 15) is 0 Å². The fourth-order valence-corrected chi connectivity index (χ4v) is 1.70. The van der Waals surface area contributed by atoms with Crippen LogP contribution in [0.3, 0.4) is 0 Å². The summed E-state index contributed by atoms with van der Waals surface area (Å²) in [7, 11) is 0. The summed E-state index contributed by atoms with van der Waals surface area (Å²) in [6.45, 7) is 4.19. The number of rotatable bonds is 2. The number of pyridine rings is 1. The maximum absolute atomic E-state index is 5.83. The predicted molar refractivity (Wildman–Crippen MR) is 68.4 cm³/mol. The number of nitrogens with zero attached hydrogens (tertiary/aromatic N) is 1. The predicted octanol–water partition coefficient (Wildman–Crippen LogP) is 4.10. The van der Waals surface area contributed by atoms with E-state index >= 15 is 0 Å². The molecule has 0 atom stereocenters. The van der Waals surface area contributed by atoms with Crippen LogP contribution < -0.4 is 5.32 Å². The van der Waals surface area contributed by atoms with E-state index in [1.165, 1.54) is 11.1 Å². The Labute approximate surface area is 100 Å². The van der Waals surface area contributed by atoms with Crippen LogP contribution >= 0.6 is 11.6 Å². The lowest BCUT2D eigenvalue weighted by atomic mass is 10.1. The van der Waals surface area contributed by atoms with Gasteiger partial charge in [-0.05, 0) is 43.2 Å². The van der Waals surface area contributed by atoms with Gasteiger partial charge in [-0.15, -0.1) is 0 Å². The lowest BCUT2D eigenvalue weighted by Gasteiger charge is -2.11. The Morgan fingerprint density at radius 1 is 1.19 bits per heavy atom. The van der Waals surface area contributed by atoms with Gasteiger partial charge in [-0.2, -0.15) is 0 Å². The van der Waals surface area contributed by atoms with E-state index in [-0.39, 0.29) is 0 Å². The highest BCUT2D eigenvalue weighted by molar-refractivity contribution is 6.29. The van der Waals surface area contributed by atoms with Gasteiger partial charge in [-0.1, -0.05) is 23.7 Å². The molecule has 1 N–H and O–H groups in total. The Bertz CT molecular complexity index is 509. The highest BCUT2D eigenvalue weighted by Gasteiger charge is 2.01. The molecule has 0 saturated carbocycles. The molecule has 1 aromatic heterocycles. The van der Waals surface area contributed by atoms with Crippen molar-refractivity contribution in [1.29, 1.82) is 0 Å². The smallest absolute Gasteiger partial charge is 0.131 e. The van der Waals surface area contributed by atoms with Crippen molar-refractivity contribution in [1.82, 2.24) is 4.98 Å².